The highest BCUT2D eigenvalue weighted by atomic mass is 32.2. The maximum absolute atomic E-state index is 5.17. The van der Waals surface area contributed by atoms with E-state index >= 15 is 0 Å². The Morgan fingerprint density at radius 2 is 1.39 bits per heavy atom. The second-order valence-electron chi connectivity index (χ2n) is 7.97. The van der Waals surface area contributed by atoms with Crippen molar-refractivity contribution in [3.63, 3.8) is 0 Å². The molecule has 0 unspecified atom stereocenters. The highest BCUT2D eigenvalue weighted by molar-refractivity contribution is 7.99. The summed E-state index contributed by atoms with van der Waals surface area (Å²) in [5.41, 5.74) is 4.81. The minimum absolute atomic E-state index is 0.306. The number of rotatable bonds is 2. The second-order valence-corrected chi connectivity index (χ2v) is 9.21. The van der Waals surface area contributed by atoms with Crippen molar-refractivity contribution in [1.82, 2.24) is 0 Å². The van der Waals surface area contributed by atoms with Gasteiger partial charge in [-0.15, -0.1) is 11.8 Å². The molecule has 1 aliphatic rings. The Hall–Kier alpha value is -3.36. The summed E-state index contributed by atoms with van der Waals surface area (Å²) < 4.78 is 0. The van der Waals surface area contributed by atoms with E-state index in [1.807, 2.05) is 11.8 Å². The van der Waals surface area contributed by atoms with Crippen LogP contribution in [0.1, 0.15) is 22.8 Å². The molecular weight excluding hydrogens is 394 g/mol. The molecule has 0 N–H and O–H groups in total. The molecular formula is C29H21NS. The molecule has 0 radical (unpaired) electrons. The van der Waals surface area contributed by atoms with E-state index in [0.717, 1.165) is 17.8 Å². The van der Waals surface area contributed by atoms with Crippen LogP contribution < -0.4 is 0 Å². The van der Waals surface area contributed by atoms with Gasteiger partial charge in [-0.1, -0.05) is 91.0 Å². The molecule has 0 aliphatic carbocycles. The van der Waals surface area contributed by atoms with Crippen molar-refractivity contribution in [2.24, 2.45) is 4.99 Å². The molecule has 0 fully saturated rings. The monoisotopic (exact) mass is 415 g/mol. The Morgan fingerprint density at radius 1 is 0.645 bits per heavy atom. The first-order valence-corrected chi connectivity index (χ1v) is 11.5. The van der Waals surface area contributed by atoms with Crippen LogP contribution in [0.2, 0.25) is 0 Å². The van der Waals surface area contributed by atoms with Gasteiger partial charge in [-0.3, -0.25) is 4.99 Å². The van der Waals surface area contributed by atoms with Gasteiger partial charge < -0.3 is 0 Å². The second kappa shape index (κ2) is 7.72. The normalized spacial score (nSPS) is 16.0. The van der Waals surface area contributed by atoms with E-state index in [4.69, 9.17) is 4.99 Å². The van der Waals surface area contributed by atoms with Crippen LogP contribution in [0.15, 0.2) is 119 Å². The SMILES string of the molecule is c1ccc2c(c1)N=C(c1ccc3ccccc3c1)C[C@@H](c1cccc3ccccc13)S2. The molecule has 5 aromatic carbocycles. The first-order chi connectivity index (χ1) is 15.3. The van der Waals surface area contributed by atoms with Crippen LogP contribution in [-0.4, -0.2) is 5.71 Å². The van der Waals surface area contributed by atoms with Crippen molar-refractivity contribution in [2.45, 2.75) is 16.6 Å². The fraction of sp³-hybridized carbons (Fsp3) is 0.0690. The predicted molar refractivity (Wildman–Crippen MR) is 134 cm³/mol. The van der Waals surface area contributed by atoms with Crippen molar-refractivity contribution in [3.8, 4) is 0 Å². The number of hydrogen-bond acceptors (Lipinski definition) is 2. The number of para-hydroxylation sites is 1. The third-order valence-electron chi connectivity index (χ3n) is 6.02. The maximum Gasteiger partial charge on any atom is 0.0769 e. The summed E-state index contributed by atoms with van der Waals surface area (Å²) in [5, 5.41) is 5.46. The number of nitrogens with zero attached hydrogens (tertiary/aromatic N) is 1. The minimum atomic E-state index is 0.306. The fourth-order valence-corrected chi connectivity index (χ4v) is 5.74. The van der Waals surface area contributed by atoms with Crippen molar-refractivity contribution in [3.05, 3.63) is 120 Å². The Bertz CT molecular complexity index is 1440. The molecule has 31 heavy (non-hydrogen) atoms. The van der Waals surface area contributed by atoms with E-state index in [1.165, 1.54) is 37.6 Å². The summed E-state index contributed by atoms with van der Waals surface area (Å²) >= 11 is 1.93. The number of hydrogen-bond donors (Lipinski definition) is 0. The molecule has 0 bridgehead atoms. The minimum Gasteiger partial charge on any atom is -0.252 e. The van der Waals surface area contributed by atoms with Gasteiger partial charge in [0, 0.05) is 22.3 Å². The van der Waals surface area contributed by atoms with E-state index in [-0.39, 0.29) is 0 Å². The summed E-state index contributed by atoms with van der Waals surface area (Å²) in [4.78, 5) is 6.41. The fourth-order valence-electron chi connectivity index (χ4n) is 4.47. The summed E-state index contributed by atoms with van der Waals surface area (Å²) in [6.45, 7) is 0. The lowest BCUT2D eigenvalue weighted by molar-refractivity contribution is 1.02. The lowest BCUT2D eigenvalue weighted by Gasteiger charge is -2.18. The van der Waals surface area contributed by atoms with Gasteiger partial charge >= 0.3 is 0 Å². The van der Waals surface area contributed by atoms with Crippen molar-refractivity contribution < 1.29 is 0 Å². The highest BCUT2D eigenvalue weighted by Gasteiger charge is 2.23. The molecule has 0 saturated heterocycles. The third kappa shape index (κ3) is 3.43. The Morgan fingerprint density at radius 3 is 2.32 bits per heavy atom. The van der Waals surface area contributed by atoms with Crippen LogP contribution in [0.3, 0.4) is 0 Å². The molecule has 6 rings (SSSR count). The molecule has 1 aliphatic heterocycles. The molecule has 1 heterocycles. The van der Waals surface area contributed by atoms with Crippen LogP contribution in [0.4, 0.5) is 5.69 Å². The average molecular weight is 416 g/mol. The van der Waals surface area contributed by atoms with Gasteiger partial charge in [0.25, 0.3) is 0 Å². The first-order valence-electron chi connectivity index (χ1n) is 10.7. The van der Waals surface area contributed by atoms with Crippen molar-refractivity contribution in [2.75, 3.05) is 0 Å². The third-order valence-corrected chi connectivity index (χ3v) is 7.33. The van der Waals surface area contributed by atoms with E-state index in [1.54, 1.807) is 0 Å². The molecule has 148 valence electrons. The highest BCUT2D eigenvalue weighted by Crippen LogP contribution is 2.47. The van der Waals surface area contributed by atoms with Gasteiger partial charge in [0.15, 0.2) is 0 Å². The molecule has 0 spiro atoms. The molecule has 0 aromatic heterocycles. The van der Waals surface area contributed by atoms with E-state index in [0.29, 0.717) is 5.25 Å². The van der Waals surface area contributed by atoms with Crippen LogP contribution in [-0.2, 0) is 0 Å². The average Bonchev–Trinajstić information content (AvgIpc) is 3.03. The van der Waals surface area contributed by atoms with E-state index in [2.05, 4.69) is 109 Å². The lowest BCUT2D eigenvalue weighted by Crippen LogP contribution is -2.06. The van der Waals surface area contributed by atoms with Gasteiger partial charge in [0.2, 0.25) is 0 Å². The largest absolute Gasteiger partial charge is 0.252 e. The van der Waals surface area contributed by atoms with Gasteiger partial charge in [0.05, 0.1) is 5.69 Å². The zero-order chi connectivity index (χ0) is 20.6. The van der Waals surface area contributed by atoms with E-state index in [9.17, 15) is 0 Å². The molecule has 1 nitrogen and oxygen atoms in total. The Kier molecular flexibility index (Phi) is 4.58. The summed E-state index contributed by atoms with van der Waals surface area (Å²) in [6.07, 6.45) is 0.895. The topological polar surface area (TPSA) is 12.4 Å². The van der Waals surface area contributed by atoms with Gasteiger partial charge in [-0.25, -0.2) is 0 Å². The summed E-state index contributed by atoms with van der Waals surface area (Å²) in [6, 6.07) is 39.2. The first kappa shape index (κ1) is 18.4. The number of thioether (sulfide) groups is 1. The van der Waals surface area contributed by atoms with Crippen LogP contribution >= 0.6 is 11.8 Å². The zero-order valence-corrected chi connectivity index (χ0v) is 17.8. The molecule has 5 aromatic rings. The molecule has 0 saturated carbocycles. The summed E-state index contributed by atoms with van der Waals surface area (Å²) in [7, 11) is 0. The van der Waals surface area contributed by atoms with Gasteiger partial charge in [-0.2, -0.15) is 0 Å². The quantitative estimate of drug-likeness (QED) is 0.282. The van der Waals surface area contributed by atoms with Crippen LogP contribution in [0.25, 0.3) is 21.5 Å². The predicted octanol–water partition coefficient (Wildman–Crippen LogP) is 8.35. The van der Waals surface area contributed by atoms with Crippen LogP contribution in [0, 0.1) is 0 Å². The molecule has 0 amide bonds. The molecule has 1 atom stereocenters. The van der Waals surface area contributed by atoms with Crippen molar-refractivity contribution >= 4 is 44.7 Å². The van der Waals surface area contributed by atoms with Crippen LogP contribution in [0.5, 0.6) is 0 Å². The van der Waals surface area contributed by atoms with Gasteiger partial charge in [0.1, 0.15) is 0 Å². The number of aliphatic imine (C=N–C) groups is 1. The van der Waals surface area contributed by atoms with Crippen molar-refractivity contribution in [1.29, 1.82) is 0 Å². The number of fused-ring (bicyclic) bond motifs is 3. The Balaban J connectivity index is 1.51. The standard InChI is InChI=1S/C29H21NS/c1-2-10-22-18-23(17-16-20(22)8-1)27-19-29(31-28-15-6-5-14-26(28)30-27)25-13-7-11-21-9-3-4-12-24(21)25/h1-18,29H,19H2/t29-/m0/s1. The van der Waals surface area contributed by atoms with E-state index < -0.39 is 0 Å². The Labute approximate surface area is 186 Å². The van der Waals surface area contributed by atoms with Gasteiger partial charge in [-0.05, 0) is 50.9 Å². The zero-order valence-electron chi connectivity index (χ0n) is 17.0. The number of benzene rings is 5. The summed E-state index contributed by atoms with van der Waals surface area (Å²) in [5.74, 6) is 0. The maximum atomic E-state index is 5.17. The molecule has 2 heteroatoms. The smallest absolute Gasteiger partial charge is 0.0769 e. The lowest BCUT2D eigenvalue weighted by atomic mass is 9.96.